The average molecular weight is 291 g/mol. The van der Waals surface area contributed by atoms with Crippen molar-refractivity contribution in [3.63, 3.8) is 0 Å². The fourth-order valence-electron chi connectivity index (χ4n) is 1.47. The summed E-state index contributed by atoms with van der Waals surface area (Å²) in [5.41, 5.74) is 6.53. The van der Waals surface area contributed by atoms with Gasteiger partial charge in [-0.15, -0.1) is 0 Å². The van der Waals surface area contributed by atoms with Gasteiger partial charge in [-0.3, -0.25) is 0 Å². The number of rotatable bonds is 5. The molecular weight excluding hydrogens is 275 g/mol. The van der Waals surface area contributed by atoms with Gasteiger partial charge in [0.25, 0.3) is 0 Å². The third kappa shape index (κ3) is 5.35. The quantitative estimate of drug-likeness (QED) is 0.778. The molecule has 0 radical (unpaired) electrons. The van der Waals surface area contributed by atoms with Crippen LogP contribution in [0.25, 0.3) is 0 Å². The zero-order valence-corrected chi connectivity index (χ0v) is 10.9. The van der Waals surface area contributed by atoms with Crippen LogP contribution in [-0.4, -0.2) is 25.4 Å². The number of benzene rings is 1. The number of anilines is 1. The molecule has 0 aliphatic rings. The van der Waals surface area contributed by atoms with Crippen molar-refractivity contribution in [2.45, 2.75) is 19.6 Å². The number of alkyl halides is 3. The summed E-state index contributed by atoms with van der Waals surface area (Å²) in [4.78, 5) is 11.3. The molecule has 20 heavy (non-hydrogen) atoms. The van der Waals surface area contributed by atoms with Crippen LogP contribution in [0.3, 0.4) is 0 Å². The Kier molecular flexibility index (Phi) is 5.63. The Hall–Kier alpha value is -1.96. The number of nitrogens with two attached hydrogens (primary N) is 1. The highest BCUT2D eigenvalue weighted by atomic mass is 19.4. The number of amides is 2. The van der Waals surface area contributed by atoms with Gasteiger partial charge in [-0.05, 0) is 25.1 Å². The minimum absolute atomic E-state index is 0.190. The standard InChI is InChI=1S/C12H16F3N3O2/c1-2-20-10-4-3-9(5-8(10)6-16)18-11(19)17-7-12(13,14)15/h3-5H,2,6-7,16H2,1H3,(H2,17,18,19). The fourth-order valence-corrected chi connectivity index (χ4v) is 1.47. The minimum atomic E-state index is -4.45. The van der Waals surface area contributed by atoms with E-state index < -0.39 is 18.8 Å². The van der Waals surface area contributed by atoms with E-state index in [9.17, 15) is 18.0 Å². The number of ether oxygens (including phenoxy) is 1. The van der Waals surface area contributed by atoms with E-state index in [-0.39, 0.29) is 6.54 Å². The predicted molar refractivity (Wildman–Crippen MR) is 68.6 cm³/mol. The summed E-state index contributed by atoms with van der Waals surface area (Å²) in [5.74, 6) is 0.580. The Labute approximate surface area is 114 Å². The minimum Gasteiger partial charge on any atom is -0.494 e. The highest BCUT2D eigenvalue weighted by molar-refractivity contribution is 5.89. The zero-order chi connectivity index (χ0) is 15.2. The molecule has 1 aromatic carbocycles. The largest absolute Gasteiger partial charge is 0.494 e. The number of carbonyl (C=O) groups is 1. The molecule has 4 N–H and O–H groups in total. The van der Waals surface area contributed by atoms with Crippen LogP contribution in [0.4, 0.5) is 23.7 Å². The van der Waals surface area contributed by atoms with Gasteiger partial charge in [0.15, 0.2) is 0 Å². The summed E-state index contributed by atoms with van der Waals surface area (Å²) in [5, 5.41) is 4.01. The fraction of sp³-hybridized carbons (Fsp3) is 0.417. The molecule has 5 nitrogen and oxygen atoms in total. The van der Waals surface area contributed by atoms with E-state index in [2.05, 4.69) is 5.32 Å². The second kappa shape index (κ2) is 6.99. The molecule has 0 fully saturated rings. The van der Waals surface area contributed by atoms with Gasteiger partial charge in [-0.25, -0.2) is 4.79 Å². The zero-order valence-electron chi connectivity index (χ0n) is 10.9. The highest BCUT2D eigenvalue weighted by Crippen LogP contribution is 2.22. The molecule has 8 heteroatoms. The average Bonchev–Trinajstić information content (AvgIpc) is 2.37. The Balaban J connectivity index is 2.66. The Morgan fingerprint density at radius 3 is 2.65 bits per heavy atom. The van der Waals surface area contributed by atoms with Gasteiger partial charge < -0.3 is 21.1 Å². The van der Waals surface area contributed by atoms with E-state index in [1.807, 2.05) is 6.92 Å². The highest BCUT2D eigenvalue weighted by Gasteiger charge is 2.27. The van der Waals surface area contributed by atoms with E-state index in [4.69, 9.17) is 10.5 Å². The maximum absolute atomic E-state index is 11.9. The van der Waals surface area contributed by atoms with Crippen LogP contribution in [0.1, 0.15) is 12.5 Å². The van der Waals surface area contributed by atoms with Crippen LogP contribution in [-0.2, 0) is 6.54 Å². The van der Waals surface area contributed by atoms with E-state index in [1.54, 1.807) is 17.4 Å². The number of hydrogen-bond acceptors (Lipinski definition) is 3. The normalized spacial score (nSPS) is 11.1. The molecule has 1 rings (SSSR count). The summed E-state index contributed by atoms with van der Waals surface area (Å²) >= 11 is 0. The number of nitrogens with one attached hydrogen (secondary N) is 2. The molecule has 0 spiro atoms. The van der Waals surface area contributed by atoms with Crippen LogP contribution in [0.5, 0.6) is 5.75 Å². The second-order valence-corrected chi connectivity index (χ2v) is 3.88. The lowest BCUT2D eigenvalue weighted by atomic mass is 10.2. The molecule has 0 heterocycles. The Morgan fingerprint density at radius 2 is 2.10 bits per heavy atom. The molecule has 2 amide bonds. The van der Waals surface area contributed by atoms with Crippen LogP contribution >= 0.6 is 0 Å². The molecule has 0 atom stereocenters. The van der Waals surface area contributed by atoms with E-state index in [1.165, 1.54) is 6.07 Å². The molecule has 0 saturated heterocycles. The number of halogens is 3. The van der Waals surface area contributed by atoms with E-state index in [0.29, 0.717) is 23.6 Å². The first kappa shape index (κ1) is 16.1. The lowest BCUT2D eigenvalue weighted by Gasteiger charge is -2.13. The van der Waals surface area contributed by atoms with Crippen molar-refractivity contribution in [1.82, 2.24) is 5.32 Å². The van der Waals surface area contributed by atoms with Gasteiger partial charge in [0.1, 0.15) is 12.3 Å². The van der Waals surface area contributed by atoms with Crippen LogP contribution < -0.4 is 21.1 Å². The van der Waals surface area contributed by atoms with Crippen molar-refractivity contribution in [2.24, 2.45) is 5.73 Å². The van der Waals surface area contributed by atoms with Crippen molar-refractivity contribution in [3.05, 3.63) is 23.8 Å². The third-order valence-corrected chi connectivity index (χ3v) is 2.29. The van der Waals surface area contributed by atoms with Gasteiger partial charge in [-0.2, -0.15) is 13.2 Å². The molecule has 0 aromatic heterocycles. The van der Waals surface area contributed by atoms with Gasteiger partial charge in [0.2, 0.25) is 0 Å². The molecule has 0 aliphatic carbocycles. The Bertz CT molecular complexity index is 464. The smallest absolute Gasteiger partial charge is 0.405 e. The van der Waals surface area contributed by atoms with E-state index >= 15 is 0 Å². The Morgan fingerprint density at radius 1 is 1.40 bits per heavy atom. The number of urea groups is 1. The molecule has 0 aliphatic heterocycles. The van der Waals surface area contributed by atoms with Gasteiger partial charge >= 0.3 is 12.2 Å². The summed E-state index contributed by atoms with van der Waals surface area (Å²) in [6, 6.07) is 3.75. The van der Waals surface area contributed by atoms with Gasteiger partial charge in [0.05, 0.1) is 6.61 Å². The summed E-state index contributed by atoms with van der Waals surface area (Å²) in [6.45, 7) is 1.08. The van der Waals surface area contributed by atoms with Crippen LogP contribution in [0, 0.1) is 0 Å². The topological polar surface area (TPSA) is 76.4 Å². The van der Waals surface area contributed by atoms with Crippen molar-refractivity contribution in [3.8, 4) is 5.75 Å². The van der Waals surface area contributed by atoms with Crippen LogP contribution in [0.2, 0.25) is 0 Å². The number of carbonyl (C=O) groups excluding carboxylic acids is 1. The monoisotopic (exact) mass is 291 g/mol. The first-order chi connectivity index (χ1) is 9.35. The first-order valence-corrected chi connectivity index (χ1v) is 5.93. The lowest BCUT2D eigenvalue weighted by molar-refractivity contribution is -0.122. The molecular formula is C12H16F3N3O2. The molecule has 0 bridgehead atoms. The molecule has 0 saturated carbocycles. The number of hydrogen-bond donors (Lipinski definition) is 3. The molecule has 1 aromatic rings. The van der Waals surface area contributed by atoms with Crippen molar-refractivity contribution in [2.75, 3.05) is 18.5 Å². The van der Waals surface area contributed by atoms with Crippen molar-refractivity contribution < 1.29 is 22.7 Å². The molecule has 112 valence electrons. The maximum Gasteiger partial charge on any atom is 0.405 e. The van der Waals surface area contributed by atoms with Gasteiger partial charge in [-0.1, -0.05) is 0 Å². The lowest BCUT2D eigenvalue weighted by Crippen LogP contribution is -2.36. The first-order valence-electron chi connectivity index (χ1n) is 5.93. The molecule has 0 unspecified atom stereocenters. The van der Waals surface area contributed by atoms with E-state index in [0.717, 1.165) is 0 Å². The van der Waals surface area contributed by atoms with Crippen molar-refractivity contribution >= 4 is 11.7 Å². The van der Waals surface area contributed by atoms with Crippen LogP contribution in [0.15, 0.2) is 18.2 Å². The SMILES string of the molecule is CCOc1ccc(NC(=O)NCC(F)(F)F)cc1CN. The maximum atomic E-state index is 11.9. The van der Waals surface area contributed by atoms with Crippen molar-refractivity contribution in [1.29, 1.82) is 0 Å². The summed E-state index contributed by atoms with van der Waals surface area (Å²) in [6.07, 6.45) is -4.45. The predicted octanol–water partition coefficient (Wildman–Crippen LogP) is 2.23. The third-order valence-electron chi connectivity index (χ3n) is 2.29. The summed E-state index contributed by atoms with van der Waals surface area (Å²) < 4.78 is 41.1. The van der Waals surface area contributed by atoms with Gasteiger partial charge in [0, 0.05) is 17.8 Å². The summed E-state index contributed by atoms with van der Waals surface area (Å²) in [7, 11) is 0. The second-order valence-electron chi connectivity index (χ2n) is 3.88.